The summed E-state index contributed by atoms with van der Waals surface area (Å²) in [6, 6.07) is 0.456. The smallest absolute Gasteiger partial charge is 0.130 e. The Balaban J connectivity index is 2.65. The largest absolute Gasteiger partial charge is 0.381 e. The second-order valence-corrected chi connectivity index (χ2v) is 4.27. The lowest BCUT2D eigenvalue weighted by Gasteiger charge is -2.32. The highest BCUT2D eigenvalue weighted by molar-refractivity contribution is 5.97. The monoisotopic (exact) mass is 249 g/mol. The number of allylic oxidation sites excluding steroid dienone is 3. The number of hydrogen-bond donors (Lipinski definition) is 1. The Labute approximate surface area is 110 Å². The number of ether oxygens (including phenoxy) is 1. The molecule has 0 amide bonds. The molecule has 100 valence electrons. The minimum Gasteiger partial charge on any atom is -0.381 e. The van der Waals surface area contributed by atoms with Crippen LogP contribution in [0.1, 0.15) is 26.2 Å². The molecule has 1 aliphatic rings. The Kier molecular flexibility index (Phi) is 7.03. The highest BCUT2D eigenvalue weighted by Crippen LogP contribution is 2.13. The quantitative estimate of drug-likeness (QED) is 0.462. The first-order valence-corrected chi connectivity index (χ1v) is 6.50. The molecule has 0 unspecified atom stereocenters. The van der Waals surface area contributed by atoms with Gasteiger partial charge in [-0.1, -0.05) is 25.2 Å². The number of rotatable bonds is 5. The van der Waals surface area contributed by atoms with Gasteiger partial charge in [0.25, 0.3) is 0 Å². The molecule has 0 atom stereocenters. The lowest BCUT2D eigenvalue weighted by atomic mass is 10.1. The average molecular weight is 249 g/mol. The zero-order valence-corrected chi connectivity index (χ0v) is 11.3. The fourth-order valence-electron chi connectivity index (χ4n) is 1.93. The van der Waals surface area contributed by atoms with E-state index in [4.69, 9.17) is 10.1 Å². The molecule has 1 rings (SSSR count). The number of aliphatic imine (C=N–C) groups is 1. The van der Waals surface area contributed by atoms with E-state index in [1.807, 2.05) is 25.3 Å². The molecule has 1 fully saturated rings. The Morgan fingerprint density at radius 3 is 2.72 bits per heavy atom. The number of nitrogens with one attached hydrogen (secondary N) is 1. The molecule has 0 spiro atoms. The molecule has 1 N–H and O–H groups in total. The number of likely N-dealkylation sites (N-methyl/N-ethyl adjacent to an activating group) is 1. The zero-order chi connectivity index (χ0) is 13.2. The standard InChI is InChI=1S/C14H23N3O/c1-3-4-5-6-7-14(16-12-15)17(2)13-8-10-18-11-9-13/h4-7,12-13,15H,3,8-11H2,1-2H3/b5-4+,7-6+,15-12?,16-14+. The van der Waals surface area contributed by atoms with Crippen LogP contribution in [0.5, 0.6) is 0 Å². The SMILES string of the molecule is CC/C=C/C=C/C(=N\C=N)N(C)C1CCOCC1. The molecule has 4 nitrogen and oxygen atoms in total. The summed E-state index contributed by atoms with van der Waals surface area (Å²) in [6.45, 7) is 3.73. The molecule has 0 aromatic heterocycles. The van der Waals surface area contributed by atoms with E-state index in [1.54, 1.807) is 0 Å². The van der Waals surface area contributed by atoms with Crippen molar-refractivity contribution < 1.29 is 4.74 Å². The average Bonchev–Trinajstić information content (AvgIpc) is 2.42. The first-order chi connectivity index (χ1) is 8.79. The van der Waals surface area contributed by atoms with E-state index in [0.717, 1.165) is 44.7 Å². The van der Waals surface area contributed by atoms with Gasteiger partial charge in [-0.15, -0.1) is 0 Å². The van der Waals surface area contributed by atoms with E-state index in [-0.39, 0.29) is 0 Å². The van der Waals surface area contributed by atoms with Crippen LogP contribution < -0.4 is 0 Å². The van der Waals surface area contributed by atoms with Crippen molar-refractivity contribution in [3.63, 3.8) is 0 Å². The maximum absolute atomic E-state index is 7.14. The van der Waals surface area contributed by atoms with Crippen LogP contribution >= 0.6 is 0 Å². The van der Waals surface area contributed by atoms with Gasteiger partial charge in [0.05, 0.1) is 0 Å². The Hall–Kier alpha value is -1.42. The van der Waals surface area contributed by atoms with Crippen molar-refractivity contribution >= 4 is 12.2 Å². The molecular weight excluding hydrogens is 226 g/mol. The third-order valence-electron chi connectivity index (χ3n) is 3.02. The number of nitrogens with zero attached hydrogens (tertiary/aromatic N) is 2. The van der Waals surface area contributed by atoms with Crippen molar-refractivity contribution in [2.45, 2.75) is 32.2 Å². The maximum Gasteiger partial charge on any atom is 0.130 e. The van der Waals surface area contributed by atoms with Crippen molar-refractivity contribution in [2.75, 3.05) is 20.3 Å². The second-order valence-electron chi connectivity index (χ2n) is 4.27. The molecule has 0 bridgehead atoms. The molecule has 0 aliphatic carbocycles. The van der Waals surface area contributed by atoms with Crippen molar-refractivity contribution in [2.24, 2.45) is 4.99 Å². The molecular formula is C14H23N3O. The van der Waals surface area contributed by atoms with Crippen molar-refractivity contribution in [1.82, 2.24) is 4.90 Å². The fraction of sp³-hybridized carbons (Fsp3) is 0.571. The molecule has 0 aromatic carbocycles. The summed E-state index contributed by atoms with van der Waals surface area (Å²) in [6.07, 6.45) is 12.2. The maximum atomic E-state index is 7.14. The Morgan fingerprint density at radius 1 is 1.39 bits per heavy atom. The highest BCUT2D eigenvalue weighted by Gasteiger charge is 2.19. The summed E-state index contributed by atoms with van der Waals surface area (Å²) >= 11 is 0. The third kappa shape index (κ3) is 4.84. The van der Waals surface area contributed by atoms with Crippen LogP contribution in [-0.2, 0) is 4.74 Å². The van der Waals surface area contributed by atoms with Gasteiger partial charge in [0.1, 0.15) is 12.2 Å². The third-order valence-corrected chi connectivity index (χ3v) is 3.02. The van der Waals surface area contributed by atoms with Crippen molar-refractivity contribution in [3.8, 4) is 0 Å². The molecule has 18 heavy (non-hydrogen) atoms. The van der Waals surface area contributed by atoms with E-state index in [1.165, 1.54) is 0 Å². The first-order valence-electron chi connectivity index (χ1n) is 6.50. The van der Waals surface area contributed by atoms with Crippen LogP contribution in [0, 0.1) is 5.41 Å². The summed E-state index contributed by atoms with van der Waals surface area (Å²) in [5.41, 5.74) is 0. The van der Waals surface area contributed by atoms with Crippen LogP contribution in [0.15, 0.2) is 29.3 Å². The van der Waals surface area contributed by atoms with Crippen LogP contribution in [-0.4, -0.2) is 43.4 Å². The summed E-state index contributed by atoms with van der Waals surface area (Å²) in [7, 11) is 2.03. The molecule has 1 heterocycles. The van der Waals surface area contributed by atoms with E-state index < -0.39 is 0 Å². The summed E-state index contributed by atoms with van der Waals surface area (Å²) in [4.78, 5) is 6.26. The van der Waals surface area contributed by atoms with Crippen molar-refractivity contribution in [3.05, 3.63) is 24.3 Å². The molecule has 1 saturated heterocycles. The minimum absolute atomic E-state index is 0.456. The van der Waals surface area contributed by atoms with E-state index >= 15 is 0 Å². The fourth-order valence-corrected chi connectivity index (χ4v) is 1.93. The predicted molar refractivity (Wildman–Crippen MR) is 76.4 cm³/mol. The van der Waals surface area contributed by atoms with Gasteiger partial charge in [0, 0.05) is 26.3 Å². The van der Waals surface area contributed by atoms with Crippen LogP contribution in [0.2, 0.25) is 0 Å². The van der Waals surface area contributed by atoms with Gasteiger partial charge in [-0.3, -0.25) is 5.41 Å². The number of amidine groups is 1. The minimum atomic E-state index is 0.456. The molecule has 0 saturated carbocycles. The molecule has 4 heteroatoms. The van der Waals surface area contributed by atoms with E-state index in [2.05, 4.69) is 22.9 Å². The zero-order valence-electron chi connectivity index (χ0n) is 11.3. The van der Waals surface area contributed by atoms with E-state index in [0.29, 0.717) is 6.04 Å². The van der Waals surface area contributed by atoms with Gasteiger partial charge in [-0.05, 0) is 25.3 Å². The number of hydrogen-bond acceptors (Lipinski definition) is 2. The van der Waals surface area contributed by atoms with Crippen molar-refractivity contribution in [1.29, 1.82) is 5.41 Å². The first kappa shape index (κ1) is 14.6. The van der Waals surface area contributed by atoms with Gasteiger partial charge in [0.15, 0.2) is 0 Å². The van der Waals surface area contributed by atoms with Crippen LogP contribution in [0.4, 0.5) is 0 Å². The van der Waals surface area contributed by atoms with Gasteiger partial charge in [0.2, 0.25) is 0 Å². The lowest BCUT2D eigenvalue weighted by molar-refractivity contribution is 0.0608. The van der Waals surface area contributed by atoms with Gasteiger partial charge >= 0.3 is 0 Å². The highest BCUT2D eigenvalue weighted by atomic mass is 16.5. The predicted octanol–water partition coefficient (Wildman–Crippen LogP) is 2.63. The van der Waals surface area contributed by atoms with Crippen LogP contribution in [0.25, 0.3) is 0 Å². The second kappa shape index (κ2) is 8.64. The topological polar surface area (TPSA) is 48.7 Å². The molecule has 1 aliphatic heterocycles. The molecule has 0 aromatic rings. The lowest BCUT2D eigenvalue weighted by Crippen LogP contribution is -2.40. The summed E-state index contributed by atoms with van der Waals surface area (Å²) < 4.78 is 5.36. The summed E-state index contributed by atoms with van der Waals surface area (Å²) in [5.74, 6) is 0.831. The van der Waals surface area contributed by atoms with Gasteiger partial charge in [-0.2, -0.15) is 0 Å². The molecule has 0 radical (unpaired) electrons. The van der Waals surface area contributed by atoms with Gasteiger partial charge < -0.3 is 9.64 Å². The van der Waals surface area contributed by atoms with Crippen LogP contribution in [0.3, 0.4) is 0 Å². The summed E-state index contributed by atoms with van der Waals surface area (Å²) in [5, 5.41) is 7.14. The van der Waals surface area contributed by atoms with Gasteiger partial charge in [-0.25, -0.2) is 4.99 Å². The van der Waals surface area contributed by atoms with E-state index in [9.17, 15) is 0 Å². The normalized spacial score (nSPS) is 18.7. The Bertz CT molecular complexity index is 328. The Morgan fingerprint density at radius 2 is 2.11 bits per heavy atom.